The molecular formula is C62H102O6. The highest BCUT2D eigenvalue weighted by molar-refractivity contribution is 5.71. The fourth-order valence-electron chi connectivity index (χ4n) is 7.34. The Morgan fingerprint density at radius 3 is 1.04 bits per heavy atom. The molecule has 0 rings (SSSR count). The molecule has 0 aromatic rings. The van der Waals surface area contributed by atoms with Crippen LogP contribution in [-0.4, -0.2) is 37.2 Å². The standard InChI is InChI=1S/C62H102O6/c1-4-7-10-13-16-19-22-25-28-30-32-34-37-40-43-46-49-52-55-61(64)67-58-59(57-66-60(63)54-51-48-45-42-39-36-33-27-24-21-18-15-12-9-6-3)68-62(65)56-53-50-47-44-41-38-35-31-29-26-23-20-17-14-11-8-5-2/h16,18-19,21-22,24-30,32,34-35,38,44,47,59H,4-15,17,20,23,31,33,36-37,39-43,45-46,48-58H2,1-3H3/b19-16-,21-18-,25-22-,27-24-,29-26-,30-28-,34-32-,38-35-,47-44-. The van der Waals surface area contributed by atoms with Crippen LogP contribution in [0.15, 0.2) is 109 Å². The van der Waals surface area contributed by atoms with E-state index in [2.05, 4.69) is 130 Å². The van der Waals surface area contributed by atoms with Gasteiger partial charge in [0.05, 0.1) is 0 Å². The maximum absolute atomic E-state index is 12.8. The zero-order chi connectivity index (χ0) is 49.3. The number of carbonyl (C=O) groups is 3. The minimum atomic E-state index is -0.822. The summed E-state index contributed by atoms with van der Waals surface area (Å²) >= 11 is 0. The first-order valence-corrected chi connectivity index (χ1v) is 28.0. The van der Waals surface area contributed by atoms with Crippen LogP contribution < -0.4 is 0 Å². The van der Waals surface area contributed by atoms with Gasteiger partial charge in [0.2, 0.25) is 0 Å². The van der Waals surface area contributed by atoms with Crippen molar-refractivity contribution in [2.45, 2.75) is 252 Å². The van der Waals surface area contributed by atoms with Gasteiger partial charge in [-0.1, -0.05) is 233 Å². The molecule has 1 unspecified atom stereocenters. The van der Waals surface area contributed by atoms with Gasteiger partial charge in [0.1, 0.15) is 13.2 Å². The summed E-state index contributed by atoms with van der Waals surface area (Å²) in [6.45, 7) is 6.49. The Bertz CT molecular complexity index is 1410. The van der Waals surface area contributed by atoms with Crippen LogP contribution in [0.5, 0.6) is 0 Å². The fourth-order valence-corrected chi connectivity index (χ4v) is 7.34. The van der Waals surface area contributed by atoms with Gasteiger partial charge in [0.25, 0.3) is 0 Å². The second kappa shape index (κ2) is 55.7. The molecule has 0 aliphatic heterocycles. The quantitative estimate of drug-likeness (QED) is 0.0199. The molecule has 0 aromatic carbocycles. The Kier molecular flexibility index (Phi) is 52.4. The van der Waals surface area contributed by atoms with Crippen LogP contribution in [0.3, 0.4) is 0 Å². The molecule has 0 N–H and O–H groups in total. The van der Waals surface area contributed by atoms with E-state index in [1.54, 1.807) is 0 Å². The van der Waals surface area contributed by atoms with Crippen molar-refractivity contribution in [2.24, 2.45) is 0 Å². The lowest BCUT2D eigenvalue weighted by molar-refractivity contribution is -0.167. The molecule has 0 aliphatic rings. The molecule has 0 saturated heterocycles. The van der Waals surface area contributed by atoms with Gasteiger partial charge in [-0.15, -0.1) is 0 Å². The molecule has 0 bridgehead atoms. The number of rotatable bonds is 49. The van der Waals surface area contributed by atoms with Gasteiger partial charge in [0.15, 0.2) is 6.10 Å². The van der Waals surface area contributed by atoms with Crippen molar-refractivity contribution in [2.75, 3.05) is 13.2 Å². The first-order chi connectivity index (χ1) is 33.5. The van der Waals surface area contributed by atoms with Crippen molar-refractivity contribution in [1.82, 2.24) is 0 Å². The Morgan fingerprint density at radius 1 is 0.309 bits per heavy atom. The predicted octanol–water partition coefficient (Wildman–Crippen LogP) is 18.7. The van der Waals surface area contributed by atoms with Crippen LogP contribution in [0.1, 0.15) is 245 Å². The molecule has 0 fully saturated rings. The maximum Gasteiger partial charge on any atom is 0.306 e. The van der Waals surface area contributed by atoms with E-state index < -0.39 is 6.10 Å². The van der Waals surface area contributed by atoms with Gasteiger partial charge in [-0.05, 0) is 103 Å². The molecule has 6 heteroatoms. The summed E-state index contributed by atoms with van der Waals surface area (Å²) in [4.78, 5) is 38.1. The lowest BCUT2D eigenvalue weighted by Gasteiger charge is -2.18. The highest BCUT2D eigenvalue weighted by atomic mass is 16.6. The van der Waals surface area contributed by atoms with Crippen molar-refractivity contribution in [1.29, 1.82) is 0 Å². The van der Waals surface area contributed by atoms with E-state index in [9.17, 15) is 14.4 Å². The lowest BCUT2D eigenvalue weighted by Crippen LogP contribution is -2.30. The molecular weight excluding hydrogens is 841 g/mol. The van der Waals surface area contributed by atoms with Crippen molar-refractivity contribution in [3.8, 4) is 0 Å². The lowest BCUT2D eigenvalue weighted by atomic mass is 10.1. The van der Waals surface area contributed by atoms with Gasteiger partial charge < -0.3 is 14.2 Å². The summed E-state index contributed by atoms with van der Waals surface area (Å²) in [6, 6.07) is 0. The Hall–Kier alpha value is -3.93. The summed E-state index contributed by atoms with van der Waals surface area (Å²) in [5.74, 6) is -1.00. The van der Waals surface area contributed by atoms with Crippen molar-refractivity contribution in [3.63, 3.8) is 0 Å². The summed E-state index contributed by atoms with van der Waals surface area (Å²) in [5.41, 5.74) is 0. The highest BCUT2D eigenvalue weighted by Gasteiger charge is 2.19. The van der Waals surface area contributed by atoms with Crippen LogP contribution in [0.4, 0.5) is 0 Å². The zero-order valence-electron chi connectivity index (χ0n) is 44.1. The number of hydrogen-bond donors (Lipinski definition) is 0. The van der Waals surface area contributed by atoms with E-state index in [0.29, 0.717) is 19.3 Å². The minimum absolute atomic E-state index is 0.114. The summed E-state index contributed by atoms with van der Waals surface area (Å²) < 4.78 is 16.8. The molecule has 0 amide bonds. The number of hydrogen-bond acceptors (Lipinski definition) is 6. The summed E-state index contributed by atoms with van der Waals surface area (Å²) in [6.07, 6.45) is 75.0. The van der Waals surface area contributed by atoms with E-state index in [-0.39, 0.29) is 37.5 Å². The molecule has 0 spiro atoms. The highest BCUT2D eigenvalue weighted by Crippen LogP contribution is 2.13. The third-order valence-corrected chi connectivity index (χ3v) is 11.6. The molecule has 0 heterocycles. The van der Waals surface area contributed by atoms with Gasteiger partial charge in [-0.25, -0.2) is 0 Å². The first kappa shape index (κ1) is 64.1. The van der Waals surface area contributed by atoms with Crippen LogP contribution in [0.2, 0.25) is 0 Å². The molecule has 0 aromatic heterocycles. The van der Waals surface area contributed by atoms with Crippen LogP contribution in [0.25, 0.3) is 0 Å². The van der Waals surface area contributed by atoms with Crippen LogP contribution in [0, 0.1) is 0 Å². The number of carbonyl (C=O) groups excluding carboxylic acids is 3. The third-order valence-electron chi connectivity index (χ3n) is 11.6. The second-order valence-electron chi connectivity index (χ2n) is 18.3. The number of esters is 3. The average Bonchev–Trinajstić information content (AvgIpc) is 3.34. The predicted molar refractivity (Wildman–Crippen MR) is 293 cm³/mol. The third kappa shape index (κ3) is 53.0. The molecule has 0 radical (unpaired) electrons. The maximum atomic E-state index is 12.8. The largest absolute Gasteiger partial charge is 0.462 e. The van der Waals surface area contributed by atoms with E-state index in [1.165, 1.54) is 103 Å². The second-order valence-corrected chi connectivity index (χ2v) is 18.3. The van der Waals surface area contributed by atoms with E-state index in [0.717, 1.165) is 96.3 Å². The van der Waals surface area contributed by atoms with Gasteiger partial charge in [0, 0.05) is 19.3 Å². The molecule has 386 valence electrons. The Balaban J connectivity index is 4.55. The normalized spacial score (nSPS) is 12.9. The van der Waals surface area contributed by atoms with Gasteiger partial charge in [-0.3, -0.25) is 14.4 Å². The minimum Gasteiger partial charge on any atom is -0.462 e. The van der Waals surface area contributed by atoms with Gasteiger partial charge in [-0.2, -0.15) is 0 Å². The van der Waals surface area contributed by atoms with E-state index >= 15 is 0 Å². The Labute approximate surface area is 419 Å². The molecule has 68 heavy (non-hydrogen) atoms. The number of ether oxygens (including phenoxy) is 3. The Morgan fingerprint density at radius 2 is 0.603 bits per heavy atom. The fraction of sp³-hybridized carbons (Fsp3) is 0.661. The van der Waals surface area contributed by atoms with Crippen molar-refractivity contribution >= 4 is 17.9 Å². The first-order valence-electron chi connectivity index (χ1n) is 28.0. The number of unbranched alkanes of at least 4 members (excludes halogenated alkanes) is 24. The SMILES string of the molecule is CCCCC\C=C/C=C\C=C/C=C\CCCCCCCC(=O)OCC(COC(=O)CCCCCCCC/C=C\C=C/CCCCC)OC(=O)CCC/C=C\C/C=C\C/C=C\CCCCCCCC. The summed E-state index contributed by atoms with van der Waals surface area (Å²) in [5, 5.41) is 0. The monoisotopic (exact) mass is 943 g/mol. The molecule has 0 saturated carbocycles. The van der Waals surface area contributed by atoms with Crippen molar-refractivity contribution in [3.05, 3.63) is 109 Å². The smallest absolute Gasteiger partial charge is 0.306 e. The van der Waals surface area contributed by atoms with Crippen LogP contribution >= 0.6 is 0 Å². The molecule has 6 nitrogen and oxygen atoms in total. The molecule has 1 atom stereocenters. The summed E-state index contributed by atoms with van der Waals surface area (Å²) in [7, 11) is 0. The molecule has 0 aliphatic carbocycles. The van der Waals surface area contributed by atoms with Crippen LogP contribution in [-0.2, 0) is 28.6 Å². The number of allylic oxidation sites excluding steroid dienone is 18. The topological polar surface area (TPSA) is 78.9 Å². The van der Waals surface area contributed by atoms with Crippen molar-refractivity contribution < 1.29 is 28.6 Å². The van der Waals surface area contributed by atoms with E-state index in [1.807, 2.05) is 0 Å². The van der Waals surface area contributed by atoms with E-state index in [4.69, 9.17) is 14.2 Å². The zero-order valence-corrected chi connectivity index (χ0v) is 44.1. The van der Waals surface area contributed by atoms with Gasteiger partial charge >= 0.3 is 17.9 Å². The average molecular weight is 943 g/mol.